The van der Waals surface area contributed by atoms with Crippen LogP contribution in [0.1, 0.15) is 57.8 Å². The lowest BCUT2D eigenvalue weighted by molar-refractivity contribution is -0.127. The lowest BCUT2D eigenvalue weighted by Crippen LogP contribution is -2.48. The minimum atomic E-state index is -0.149. The molecule has 2 aliphatic carbocycles. The van der Waals surface area contributed by atoms with E-state index in [1.54, 1.807) is 0 Å². The molecule has 3 nitrogen and oxygen atoms in total. The lowest BCUT2D eigenvalue weighted by Gasteiger charge is -2.37. The SMILES string of the molecule is O=C1CCCCC1C1CCCN1C1CCCC1O. The van der Waals surface area contributed by atoms with Gasteiger partial charge in [-0.1, -0.05) is 6.42 Å². The van der Waals surface area contributed by atoms with E-state index >= 15 is 0 Å². The highest BCUT2D eigenvalue weighted by Gasteiger charge is 2.42. The van der Waals surface area contributed by atoms with Crippen LogP contribution in [0, 0.1) is 5.92 Å². The van der Waals surface area contributed by atoms with Crippen molar-refractivity contribution < 1.29 is 9.90 Å². The fraction of sp³-hybridized carbons (Fsp3) is 0.933. The predicted molar refractivity (Wildman–Crippen MR) is 70.3 cm³/mol. The summed E-state index contributed by atoms with van der Waals surface area (Å²) < 4.78 is 0. The number of carbonyl (C=O) groups excluding carboxylic acids is 1. The number of Topliss-reactive ketones (excluding diaryl/α,β-unsaturated/α-hetero) is 1. The highest BCUT2D eigenvalue weighted by Crippen LogP contribution is 2.37. The molecule has 1 aliphatic heterocycles. The molecule has 102 valence electrons. The third-order valence-electron chi connectivity index (χ3n) is 5.28. The molecule has 1 N–H and O–H groups in total. The molecule has 0 spiro atoms. The minimum Gasteiger partial charge on any atom is -0.391 e. The summed E-state index contributed by atoms with van der Waals surface area (Å²) in [4.78, 5) is 14.6. The van der Waals surface area contributed by atoms with Gasteiger partial charge in [0.25, 0.3) is 0 Å². The molecule has 0 bridgehead atoms. The fourth-order valence-electron chi connectivity index (χ4n) is 4.38. The first kappa shape index (κ1) is 12.6. The summed E-state index contributed by atoms with van der Waals surface area (Å²) in [6.45, 7) is 1.09. The van der Waals surface area contributed by atoms with Crippen molar-refractivity contribution in [2.75, 3.05) is 6.54 Å². The summed E-state index contributed by atoms with van der Waals surface area (Å²) in [6, 6.07) is 0.780. The van der Waals surface area contributed by atoms with E-state index in [-0.39, 0.29) is 12.0 Å². The molecule has 3 rings (SSSR count). The molecular weight excluding hydrogens is 226 g/mol. The molecule has 2 saturated carbocycles. The zero-order valence-corrected chi connectivity index (χ0v) is 11.2. The minimum absolute atomic E-state index is 0.149. The van der Waals surface area contributed by atoms with Crippen LogP contribution in [-0.4, -0.2) is 40.5 Å². The van der Waals surface area contributed by atoms with Gasteiger partial charge in [0.2, 0.25) is 0 Å². The molecule has 0 radical (unpaired) electrons. The van der Waals surface area contributed by atoms with Crippen molar-refractivity contribution in [1.29, 1.82) is 0 Å². The van der Waals surface area contributed by atoms with Gasteiger partial charge >= 0.3 is 0 Å². The average Bonchev–Trinajstić information content (AvgIpc) is 2.98. The lowest BCUT2D eigenvalue weighted by atomic mass is 9.81. The Morgan fingerprint density at radius 1 is 0.944 bits per heavy atom. The van der Waals surface area contributed by atoms with Crippen molar-refractivity contribution in [2.24, 2.45) is 5.92 Å². The first-order valence-electron chi connectivity index (χ1n) is 7.74. The predicted octanol–water partition coefficient (Wildman–Crippen LogP) is 2.12. The maximum absolute atomic E-state index is 12.1. The number of rotatable bonds is 2. The van der Waals surface area contributed by atoms with E-state index < -0.39 is 0 Å². The highest BCUT2D eigenvalue weighted by atomic mass is 16.3. The van der Waals surface area contributed by atoms with Gasteiger partial charge in [-0.25, -0.2) is 0 Å². The Hall–Kier alpha value is -0.410. The van der Waals surface area contributed by atoms with Crippen LogP contribution in [0.2, 0.25) is 0 Å². The first-order valence-corrected chi connectivity index (χ1v) is 7.74. The molecule has 4 atom stereocenters. The molecule has 3 fully saturated rings. The standard InChI is InChI=1S/C15H25NO2/c17-14-8-2-1-5-11(14)12-7-4-10-16(12)13-6-3-9-15(13)18/h11-13,15,18H,1-10H2. The topological polar surface area (TPSA) is 40.5 Å². The van der Waals surface area contributed by atoms with Gasteiger partial charge in [0.05, 0.1) is 6.10 Å². The van der Waals surface area contributed by atoms with Crippen LogP contribution >= 0.6 is 0 Å². The van der Waals surface area contributed by atoms with Crippen LogP contribution in [0.3, 0.4) is 0 Å². The average molecular weight is 251 g/mol. The largest absolute Gasteiger partial charge is 0.391 e. The summed E-state index contributed by atoms with van der Waals surface area (Å²) in [5.74, 6) is 0.764. The van der Waals surface area contributed by atoms with Crippen molar-refractivity contribution in [3.05, 3.63) is 0 Å². The van der Waals surface area contributed by atoms with Gasteiger partial charge in [0.15, 0.2) is 0 Å². The van der Waals surface area contributed by atoms with Crippen LogP contribution < -0.4 is 0 Å². The number of ketones is 1. The second-order valence-electron chi connectivity index (χ2n) is 6.33. The molecular formula is C15H25NO2. The normalized spacial score (nSPS) is 42.6. The van der Waals surface area contributed by atoms with Crippen LogP contribution in [-0.2, 0) is 4.79 Å². The highest BCUT2D eigenvalue weighted by molar-refractivity contribution is 5.82. The molecule has 3 heteroatoms. The summed E-state index contributed by atoms with van der Waals surface area (Å²) in [6.07, 6.45) is 9.63. The van der Waals surface area contributed by atoms with E-state index in [0.717, 1.165) is 45.1 Å². The van der Waals surface area contributed by atoms with E-state index in [1.807, 2.05) is 0 Å². The van der Waals surface area contributed by atoms with Gasteiger partial charge in [0, 0.05) is 24.4 Å². The Labute approximate surface area is 110 Å². The zero-order chi connectivity index (χ0) is 12.5. The summed E-state index contributed by atoms with van der Waals surface area (Å²) in [5, 5.41) is 10.1. The summed E-state index contributed by atoms with van der Waals surface area (Å²) in [7, 11) is 0. The van der Waals surface area contributed by atoms with Crippen LogP contribution in [0.25, 0.3) is 0 Å². The summed E-state index contributed by atoms with van der Waals surface area (Å²) in [5.41, 5.74) is 0. The Kier molecular flexibility index (Phi) is 3.71. The van der Waals surface area contributed by atoms with Gasteiger partial charge in [0.1, 0.15) is 5.78 Å². The second-order valence-corrected chi connectivity index (χ2v) is 6.33. The quantitative estimate of drug-likeness (QED) is 0.817. The number of carbonyl (C=O) groups is 1. The van der Waals surface area contributed by atoms with Crippen LogP contribution in [0.4, 0.5) is 0 Å². The van der Waals surface area contributed by atoms with E-state index in [9.17, 15) is 9.90 Å². The molecule has 18 heavy (non-hydrogen) atoms. The number of hydrogen-bond donors (Lipinski definition) is 1. The Balaban J connectivity index is 1.72. The van der Waals surface area contributed by atoms with Gasteiger partial charge in [-0.15, -0.1) is 0 Å². The van der Waals surface area contributed by atoms with E-state index in [2.05, 4.69) is 4.90 Å². The molecule has 4 unspecified atom stereocenters. The van der Waals surface area contributed by atoms with Gasteiger partial charge in [-0.2, -0.15) is 0 Å². The second kappa shape index (κ2) is 5.30. The maximum Gasteiger partial charge on any atom is 0.137 e. The number of aliphatic hydroxyl groups excluding tert-OH is 1. The van der Waals surface area contributed by atoms with E-state index in [1.165, 1.54) is 19.3 Å². The monoisotopic (exact) mass is 251 g/mol. The Morgan fingerprint density at radius 2 is 1.78 bits per heavy atom. The molecule has 0 amide bonds. The van der Waals surface area contributed by atoms with Crippen LogP contribution in [0.15, 0.2) is 0 Å². The van der Waals surface area contributed by atoms with Crippen molar-refractivity contribution >= 4 is 5.78 Å². The zero-order valence-electron chi connectivity index (χ0n) is 11.2. The van der Waals surface area contributed by atoms with Crippen LogP contribution in [0.5, 0.6) is 0 Å². The van der Waals surface area contributed by atoms with Gasteiger partial charge < -0.3 is 5.11 Å². The van der Waals surface area contributed by atoms with Crippen molar-refractivity contribution in [3.63, 3.8) is 0 Å². The number of aliphatic hydroxyl groups is 1. The number of nitrogens with zero attached hydrogens (tertiary/aromatic N) is 1. The molecule has 0 aromatic carbocycles. The van der Waals surface area contributed by atoms with Gasteiger partial charge in [-0.3, -0.25) is 9.69 Å². The Bertz CT molecular complexity index is 318. The Morgan fingerprint density at radius 3 is 2.50 bits per heavy atom. The third kappa shape index (κ3) is 2.23. The number of hydrogen-bond acceptors (Lipinski definition) is 3. The van der Waals surface area contributed by atoms with Crippen molar-refractivity contribution in [3.8, 4) is 0 Å². The van der Waals surface area contributed by atoms with Crippen molar-refractivity contribution in [2.45, 2.75) is 76.0 Å². The number of likely N-dealkylation sites (tertiary alicyclic amines) is 1. The molecule has 1 heterocycles. The fourth-order valence-corrected chi connectivity index (χ4v) is 4.38. The smallest absolute Gasteiger partial charge is 0.137 e. The first-order chi connectivity index (χ1) is 8.77. The molecule has 1 saturated heterocycles. The third-order valence-corrected chi connectivity index (χ3v) is 5.28. The molecule has 3 aliphatic rings. The molecule has 0 aromatic heterocycles. The van der Waals surface area contributed by atoms with E-state index in [0.29, 0.717) is 17.9 Å². The van der Waals surface area contributed by atoms with Crippen molar-refractivity contribution in [1.82, 2.24) is 4.90 Å². The maximum atomic E-state index is 12.1. The van der Waals surface area contributed by atoms with E-state index in [4.69, 9.17) is 0 Å². The van der Waals surface area contributed by atoms with Gasteiger partial charge in [-0.05, 0) is 51.5 Å². The summed E-state index contributed by atoms with van der Waals surface area (Å²) >= 11 is 0. The molecule has 0 aromatic rings.